The fourth-order valence-electron chi connectivity index (χ4n) is 2.66. The molecule has 94 valence electrons. The van der Waals surface area contributed by atoms with E-state index in [0.717, 1.165) is 0 Å². The van der Waals surface area contributed by atoms with Gasteiger partial charge in [-0.05, 0) is 44.1 Å². The monoisotopic (exact) mass is 233 g/mol. The molecule has 1 heterocycles. The van der Waals surface area contributed by atoms with Crippen LogP contribution in [0.2, 0.25) is 0 Å². The molecule has 17 heavy (non-hydrogen) atoms. The maximum atomic E-state index is 5.86. The molecule has 1 aliphatic rings. The molecule has 1 atom stereocenters. The van der Waals surface area contributed by atoms with Gasteiger partial charge in [-0.15, -0.1) is 0 Å². The molecule has 0 amide bonds. The molecule has 1 unspecified atom stereocenters. The van der Waals surface area contributed by atoms with Gasteiger partial charge in [-0.3, -0.25) is 0 Å². The number of nitrogens with zero attached hydrogens (tertiary/aromatic N) is 2. The van der Waals surface area contributed by atoms with Gasteiger partial charge in [0.25, 0.3) is 0 Å². The summed E-state index contributed by atoms with van der Waals surface area (Å²) in [5.74, 6) is 0. The van der Waals surface area contributed by atoms with E-state index in [-0.39, 0.29) is 0 Å². The van der Waals surface area contributed by atoms with Crippen LogP contribution in [-0.2, 0) is 6.42 Å². The van der Waals surface area contributed by atoms with Gasteiger partial charge in [-0.2, -0.15) is 0 Å². The van der Waals surface area contributed by atoms with Gasteiger partial charge in [-0.25, -0.2) is 0 Å². The second-order valence-corrected chi connectivity index (χ2v) is 5.13. The lowest BCUT2D eigenvalue weighted by molar-refractivity contribution is 0.306. The average molecular weight is 233 g/mol. The Morgan fingerprint density at radius 2 is 2.18 bits per heavy atom. The van der Waals surface area contributed by atoms with Crippen LogP contribution in [-0.4, -0.2) is 39.1 Å². The Balaban J connectivity index is 2.32. The number of rotatable bonds is 3. The minimum absolute atomic E-state index is 0.326. The lowest BCUT2D eigenvalue weighted by Crippen LogP contribution is -2.28. The van der Waals surface area contributed by atoms with E-state index in [1.54, 1.807) is 0 Å². The summed E-state index contributed by atoms with van der Waals surface area (Å²) >= 11 is 0. The molecule has 0 aromatic heterocycles. The summed E-state index contributed by atoms with van der Waals surface area (Å²) in [6.07, 6.45) is 2.44. The first kappa shape index (κ1) is 12.4. The molecule has 3 heteroatoms. The molecule has 1 aromatic carbocycles. The Bertz CT molecular complexity index is 387. The first-order valence-corrected chi connectivity index (χ1v) is 6.34. The number of hydrogen-bond donors (Lipinski definition) is 1. The fraction of sp³-hybridized carbons (Fsp3) is 0.571. The van der Waals surface area contributed by atoms with Crippen LogP contribution in [0.15, 0.2) is 18.2 Å². The third kappa shape index (κ3) is 2.45. The number of likely N-dealkylation sites (N-methyl/N-ethyl adjacent to an activating group) is 1. The average Bonchev–Trinajstić information content (AvgIpc) is 2.29. The highest BCUT2D eigenvalue weighted by atomic mass is 15.1. The molecule has 2 rings (SSSR count). The Morgan fingerprint density at radius 3 is 2.82 bits per heavy atom. The van der Waals surface area contributed by atoms with Crippen molar-refractivity contribution in [3.63, 3.8) is 0 Å². The van der Waals surface area contributed by atoms with Crippen LogP contribution < -0.4 is 10.6 Å². The smallest absolute Gasteiger partial charge is 0.0464 e. The van der Waals surface area contributed by atoms with Crippen LogP contribution >= 0.6 is 0 Å². The van der Waals surface area contributed by atoms with E-state index in [1.807, 2.05) is 0 Å². The standard InChI is InChI=1S/C14H23N3/c1-16(2)14(10-15)12-6-7-13-11(9-12)5-4-8-17(13)3/h6-7,9,14H,4-5,8,10,15H2,1-3H3. The number of aryl methyl sites for hydroxylation is 1. The van der Waals surface area contributed by atoms with Gasteiger partial charge in [0.2, 0.25) is 0 Å². The minimum atomic E-state index is 0.326. The molecule has 0 aliphatic carbocycles. The van der Waals surface area contributed by atoms with Gasteiger partial charge in [0.05, 0.1) is 0 Å². The first-order chi connectivity index (χ1) is 8.13. The number of benzene rings is 1. The van der Waals surface area contributed by atoms with Crippen LogP contribution in [0.1, 0.15) is 23.6 Å². The molecular formula is C14H23N3. The first-order valence-electron chi connectivity index (χ1n) is 6.34. The summed E-state index contributed by atoms with van der Waals surface area (Å²) in [7, 11) is 6.34. The van der Waals surface area contributed by atoms with Crippen molar-refractivity contribution >= 4 is 5.69 Å². The normalized spacial score (nSPS) is 17.1. The Kier molecular flexibility index (Phi) is 3.69. The number of hydrogen-bond acceptors (Lipinski definition) is 3. The zero-order valence-electron chi connectivity index (χ0n) is 11.1. The van der Waals surface area contributed by atoms with Crippen molar-refractivity contribution in [3.05, 3.63) is 29.3 Å². The number of anilines is 1. The van der Waals surface area contributed by atoms with Crippen molar-refractivity contribution < 1.29 is 0 Å². The third-order valence-electron chi connectivity index (χ3n) is 3.69. The summed E-state index contributed by atoms with van der Waals surface area (Å²) in [5, 5.41) is 0. The molecule has 0 saturated carbocycles. The van der Waals surface area contributed by atoms with E-state index in [9.17, 15) is 0 Å². The van der Waals surface area contributed by atoms with Gasteiger partial charge in [0.1, 0.15) is 0 Å². The number of fused-ring (bicyclic) bond motifs is 1. The second kappa shape index (κ2) is 5.07. The van der Waals surface area contributed by atoms with E-state index in [1.165, 1.54) is 36.2 Å². The lowest BCUT2D eigenvalue weighted by Gasteiger charge is -2.30. The largest absolute Gasteiger partial charge is 0.374 e. The molecule has 0 bridgehead atoms. The van der Waals surface area contributed by atoms with E-state index >= 15 is 0 Å². The molecule has 0 fully saturated rings. The summed E-state index contributed by atoms with van der Waals surface area (Å²) in [4.78, 5) is 4.53. The molecule has 1 aromatic rings. The summed E-state index contributed by atoms with van der Waals surface area (Å²) in [5.41, 5.74) is 10.0. The van der Waals surface area contributed by atoms with Gasteiger partial charge in [-0.1, -0.05) is 12.1 Å². The van der Waals surface area contributed by atoms with Gasteiger partial charge >= 0.3 is 0 Å². The van der Waals surface area contributed by atoms with Crippen molar-refractivity contribution in [1.29, 1.82) is 0 Å². The summed E-state index contributed by atoms with van der Waals surface area (Å²) < 4.78 is 0. The van der Waals surface area contributed by atoms with Crippen molar-refractivity contribution in [2.45, 2.75) is 18.9 Å². The predicted octanol–water partition coefficient (Wildman–Crippen LogP) is 1.63. The van der Waals surface area contributed by atoms with Crippen molar-refractivity contribution in [3.8, 4) is 0 Å². The molecule has 0 saturated heterocycles. The van der Waals surface area contributed by atoms with E-state index in [4.69, 9.17) is 5.73 Å². The van der Waals surface area contributed by atoms with E-state index in [0.29, 0.717) is 12.6 Å². The van der Waals surface area contributed by atoms with E-state index < -0.39 is 0 Å². The van der Waals surface area contributed by atoms with Crippen LogP contribution in [0.5, 0.6) is 0 Å². The molecule has 0 spiro atoms. The highest BCUT2D eigenvalue weighted by Gasteiger charge is 2.17. The lowest BCUT2D eigenvalue weighted by atomic mass is 9.96. The molecule has 2 N–H and O–H groups in total. The van der Waals surface area contributed by atoms with E-state index in [2.05, 4.69) is 49.1 Å². The van der Waals surface area contributed by atoms with Crippen LogP contribution in [0.4, 0.5) is 5.69 Å². The van der Waals surface area contributed by atoms with Gasteiger partial charge < -0.3 is 15.5 Å². The maximum Gasteiger partial charge on any atom is 0.0464 e. The Morgan fingerprint density at radius 1 is 1.41 bits per heavy atom. The van der Waals surface area contributed by atoms with Crippen LogP contribution in [0.25, 0.3) is 0 Å². The minimum Gasteiger partial charge on any atom is -0.374 e. The van der Waals surface area contributed by atoms with Gasteiger partial charge in [0, 0.05) is 31.9 Å². The number of nitrogens with two attached hydrogens (primary N) is 1. The zero-order valence-corrected chi connectivity index (χ0v) is 11.1. The van der Waals surface area contributed by atoms with Crippen molar-refractivity contribution in [2.75, 3.05) is 39.1 Å². The predicted molar refractivity (Wildman–Crippen MR) is 73.5 cm³/mol. The molecule has 3 nitrogen and oxygen atoms in total. The van der Waals surface area contributed by atoms with Crippen LogP contribution in [0, 0.1) is 0 Å². The molecular weight excluding hydrogens is 210 g/mol. The maximum absolute atomic E-state index is 5.86. The topological polar surface area (TPSA) is 32.5 Å². The quantitative estimate of drug-likeness (QED) is 0.861. The Hall–Kier alpha value is -1.06. The second-order valence-electron chi connectivity index (χ2n) is 5.13. The van der Waals surface area contributed by atoms with Crippen molar-refractivity contribution in [2.24, 2.45) is 5.73 Å². The SMILES string of the molecule is CN1CCCc2cc(C(CN)N(C)C)ccc21. The zero-order chi connectivity index (χ0) is 12.4. The fourth-order valence-corrected chi connectivity index (χ4v) is 2.66. The Labute approximate surface area is 104 Å². The molecule has 1 aliphatic heterocycles. The van der Waals surface area contributed by atoms with Gasteiger partial charge in [0.15, 0.2) is 0 Å². The highest BCUT2D eigenvalue weighted by molar-refractivity contribution is 5.56. The molecule has 0 radical (unpaired) electrons. The van der Waals surface area contributed by atoms with Crippen molar-refractivity contribution in [1.82, 2.24) is 4.90 Å². The third-order valence-corrected chi connectivity index (χ3v) is 3.69. The van der Waals surface area contributed by atoms with Crippen LogP contribution in [0.3, 0.4) is 0 Å². The summed E-state index contributed by atoms with van der Waals surface area (Å²) in [6.45, 7) is 1.84. The summed E-state index contributed by atoms with van der Waals surface area (Å²) in [6, 6.07) is 7.13. The highest BCUT2D eigenvalue weighted by Crippen LogP contribution is 2.29.